The summed E-state index contributed by atoms with van der Waals surface area (Å²) in [7, 11) is 0. The number of benzene rings is 16. The molecular formula is C98H58N2O2S. The summed E-state index contributed by atoms with van der Waals surface area (Å²) < 4.78 is 14.3. The van der Waals surface area contributed by atoms with Crippen LogP contribution in [0, 0.1) is 0 Å². The van der Waals surface area contributed by atoms with Crippen LogP contribution in [0.1, 0.15) is 44.5 Å². The summed E-state index contributed by atoms with van der Waals surface area (Å²) in [4.78, 5) is 7.29. The summed E-state index contributed by atoms with van der Waals surface area (Å²) in [6.07, 6.45) is 0. The van der Waals surface area contributed by atoms with E-state index in [-0.39, 0.29) is 0 Å². The van der Waals surface area contributed by atoms with E-state index < -0.39 is 10.8 Å². The van der Waals surface area contributed by atoms with E-state index >= 15 is 0 Å². The smallest absolute Gasteiger partial charge is 0.140 e. The zero-order chi connectivity index (χ0) is 67.2. The van der Waals surface area contributed by atoms with E-state index in [1.807, 2.05) is 11.8 Å². The van der Waals surface area contributed by atoms with E-state index in [0.29, 0.717) is 0 Å². The molecule has 3 heterocycles. The van der Waals surface area contributed by atoms with Crippen molar-refractivity contribution < 1.29 is 8.83 Å². The highest BCUT2D eigenvalue weighted by molar-refractivity contribution is 8.00. The van der Waals surface area contributed by atoms with E-state index in [1.54, 1.807) is 0 Å². The lowest BCUT2D eigenvalue weighted by molar-refractivity contribution is 0.628. The van der Waals surface area contributed by atoms with Crippen molar-refractivity contribution in [3.63, 3.8) is 0 Å². The van der Waals surface area contributed by atoms with Crippen LogP contribution in [0.3, 0.4) is 0 Å². The standard InChI is InChI=1S/C98H58N2O2S/c1-3-24-68-61(20-1)22-17-37-85(68)99(86-38-18-23-62-21-2-4-25-69(62)86)66-49-42-59(43-50-66)63-46-53-74-73-28-7-12-34-81(73)98(83(74)56-63)82-35-13-8-29-75(82)94-93(98)78-55-48-65(58-90(78)102-94)70-31-19-39-88-96(70)103-91-41-16-14-36-87(91)100(88)67-51-44-60(45-52-67)64-47-54-76-84(57-64)97(92-77-30-9-15-40-89(77)101-95(76)92)79-32-10-5-26-71(79)72-27-6-11-33-80(72)97/h1-58H. The molecule has 0 bridgehead atoms. The molecule has 1 atom stereocenters. The highest BCUT2D eigenvalue weighted by Crippen LogP contribution is 2.68. The second-order valence-corrected chi connectivity index (χ2v) is 29.1. The van der Waals surface area contributed by atoms with Gasteiger partial charge < -0.3 is 18.6 Å². The first-order valence-electron chi connectivity index (χ1n) is 35.5. The third-order valence-electron chi connectivity index (χ3n) is 23.1. The van der Waals surface area contributed by atoms with Crippen molar-refractivity contribution in [3.05, 3.63) is 396 Å². The lowest BCUT2D eigenvalue weighted by atomic mass is 9.69. The van der Waals surface area contributed by atoms with Gasteiger partial charge in [0, 0.05) is 65.0 Å². The van der Waals surface area contributed by atoms with Gasteiger partial charge in [0.1, 0.15) is 22.7 Å². The van der Waals surface area contributed by atoms with Crippen molar-refractivity contribution >= 4 is 89.4 Å². The van der Waals surface area contributed by atoms with Crippen molar-refractivity contribution in [2.45, 2.75) is 20.6 Å². The monoisotopic (exact) mass is 1330 g/mol. The summed E-state index contributed by atoms with van der Waals surface area (Å²) in [5.74, 6) is 1.90. The maximum Gasteiger partial charge on any atom is 0.140 e. The molecule has 1 unspecified atom stereocenters. The molecule has 4 nitrogen and oxygen atoms in total. The van der Waals surface area contributed by atoms with Gasteiger partial charge in [-0.25, -0.2) is 0 Å². The van der Waals surface area contributed by atoms with E-state index in [4.69, 9.17) is 8.83 Å². The molecule has 0 saturated heterocycles. The number of hydrogen-bond acceptors (Lipinski definition) is 5. The average molecular weight is 1330 g/mol. The number of nitrogens with zero attached hydrogens (tertiary/aromatic N) is 2. The number of hydrogen-bond donors (Lipinski definition) is 0. The van der Waals surface area contributed by atoms with Crippen molar-refractivity contribution in [1.82, 2.24) is 0 Å². The Morgan fingerprint density at radius 3 is 1.35 bits per heavy atom. The van der Waals surface area contributed by atoms with Crippen molar-refractivity contribution in [2.24, 2.45) is 0 Å². The molecule has 0 amide bonds. The van der Waals surface area contributed by atoms with Gasteiger partial charge in [-0.15, -0.1) is 0 Å². The fraction of sp³-hybridized carbons (Fsp3) is 0.0204. The number of furan rings is 2. The van der Waals surface area contributed by atoms with E-state index in [1.165, 1.54) is 98.1 Å². The lowest BCUT2D eigenvalue weighted by Gasteiger charge is -2.34. The second-order valence-electron chi connectivity index (χ2n) is 28.0. The molecule has 103 heavy (non-hydrogen) atoms. The van der Waals surface area contributed by atoms with Gasteiger partial charge in [-0.05, 0) is 179 Å². The zero-order valence-corrected chi connectivity index (χ0v) is 56.4. The molecule has 23 rings (SSSR count). The number of rotatable bonds is 7. The molecule has 0 saturated carbocycles. The highest BCUT2D eigenvalue weighted by Gasteiger charge is 2.56. The van der Waals surface area contributed by atoms with Crippen LogP contribution in [0.5, 0.6) is 0 Å². The van der Waals surface area contributed by atoms with Crippen LogP contribution >= 0.6 is 11.8 Å². The molecule has 478 valence electrons. The van der Waals surface area contributed by atoms with Gasteiger partial charge in [0.05, 0.1) is 33.6 Å². The van der Waals surface area contributed by atoms with E-state index in [2.05, 4.69) is 362 Å². The molecule has 5 aliphatic rings. The van der Waals surface area contributed by atoms with E-state index in [9.17, 15) is 0 Å². The minimum atomic E-state index is -0.641. The SMILES string of the molecule is c1ccc2c(c1)Sc1c(-c3ccc4c5c(oc4c3)-c3ccccc3C53c4ccccc4-c4ccc(-c5ccc(N(c6cccc7ccccc67)c6cccc7ccccc67)cc5)cc43)cccc1N2c1ccc(-c2ccc3c(c2)C2(c4ccccc4-c4ccccc42)c2c-3oc3ccccc23)cc1. The fourth-order valence-corrected chi connectivity index (χ4v) is 20.0. The predicted molar refractivity (Wildman–Crippen MR) is 423 cm³/mol. The van der Waals surface area contributed by atoms with Gasteiger partial charge in [-0.3, -0.25) is 0 Å². The van der Waals surface area contributed by atoms with Crippen LogP contribution in [0.4, 0.5) is 34.1 Å². The third kappa shape index (κ3) is 7.70. The normalized spacial score (nSPS) is 14.9. The maximum atomic E-state index is 7.42. The first kappa shape index (κ1) is 56.9. The topological polar surface area (TPSA) is 32.8 Å². The molecule has 2 spiro atoms. The van der Waals surface area contributed by atoms with Crippen LogP contribution in [-0.4, -0.2) is 0 Å². The number of fused-ring (bicyclic) bond motifs is 28. The number of para-hydroxylation sites is 2. The quantitative estimate of drug-likeness (QED) is 0.159. The Kier molecular flexibility index (Phi) is 11.8. The molecular weight excluding hydrogens is 1270 g/mol. The Labute approximate surface area is 599 Å². The summed E-state index contributed by atoms with van der Waals surface area (Å²) in [6, 6.07) is 131. The minimum absolute atomic E-state index is 0.536. The fourth-order valence-electron chi connectivity index (χ4n) is 18.9. The Morgan fingerprint density at radius 2 is 0.709 bits per heavy atom. The molecule has 16 aromatic carbocycles. The summed E-state index contributed by atoms with van der Waals surface area (Å²) in [6.45, 7) is 0. The summed E-state index contributed by atoms with van der Waals surface area (Å²) in [5.41, 5.74) is 31.7. The Balaban J connectivity index is 0.620. The first-order valence-corrected chi connectivity index (χ1v) is 36.3. The van der Waals surface area contributed by atoms with Crippen molar-refractivity contribution in [2.75, 3.05) is 9.80 Å². The van der Waals surface area contributed by atoms with Gasteiger partial charge in [-0.1, -0.05) is 285 Å². The molecule has 0 fully saturated rings. The lowest BCUT2D eigenvalue weighted by Crippen LogP contribution is -2.25. The average Bonchev–Trinajstić information content (AvgIpc) is 1.50. The third-order valence-corrected chi connectivity index (χ3v) is 24.3. The van der Waals surface area contributed by atoms with Gasteiger partial charge in [0.25, 0.3) is 0 Å². The maximum absolute atomic E-state index is 7.42. The van der Waals surface area contributed by atoms with Gasteiger partial charge >= 0.3 is 0 Å². The van der Waals surface area contributed by atoms with Crippen LogP contribution in [-0.2, 0) is 10.8 Å². The molecule has 18 aromatic rings. The Hall–Kier alpha value is -12.9. The first-order chi connectivity index (χ1) is 51.1. The van der Waals surface area contributed by atoms with Crippen molar-refractivity contribution in [1.29, 1.82) is 0 Å². The van der Waals surface area contributed by atoms with Gasteiger partial charge in [0.2, 0.25) is 0 Å². The van der Waals surface area contributed by atoms with E-state index in [0.717, 1.165) is 112 Å². The Morgan fingerprint density at radius 1 is 0.282 bits per heavy atom. The van der Waals surface area contributed by atoms with Crippen molar-refractivity contribution in [3.8, 4) is 78.3 Å². The molecule has 4 aliphatic carbocycles. The zero-order valence-electron chi connectivity index (χ0n) is 55.6. The highest BCUT2D eigenvalue weighted by atomic mass is 32.2. The van der Waals surface area contributed by atoms with Crippen LogP contribution in [0.2, 0.25) is 0 Å². The summed E-state index contributed by atoms with van der Waals surface area (Å²) >= 11 is 1.85. The largest absolute Gasteiger partial charge is 0.456 e. The molecule has 1 aliphatic heterocycles. The summed E-state index contributed by atoms with van der Waals surface area (Å²) in [5, 5.41) is 7.09. The second kappa shape index (κ2) is 21.3. The Bertz CT molecular complexity index is 6560. The van der Waals surface area contributed by atoms with Crippen LogP contribution in [0.25, 0.3) is 122 Å². The molecule has 2 aromatic heterocycles. The predicted octanol–water partition coefficient (Wildman–Crippen LogP) is 26.6. The van der Waals surface area contributed by atoms with Crippen LogP contribution in [0.15, 0.2) is 370 Å². The molecule has 0 N–H and O–H groups in total. The van der Waals surface area contributed by atoms with Crippen LogP contribution < -0.4 is 9.80 Å². The number of anilines is 6. The van der Waals surface area contributed by atoms with Gasteiger partial charge in [-0.2, -0.15) is 0 Å². The molecule has 0 radical (unpaired) electrons. The van der Waals surface area contributed by atoms with Gasteiger partial charge in [0.15, 0.2) is 0 Å². The minimum Gasteiger partial charge on any atom is -0.456 e. The molecule has 5 heteroatoms.